The van der Waals surface area contributed by atoms with Crippen LogP contribution in [0.15, 0.2) is 18.5 Å². The first-order valence-electron chi connectivity index (χ1n) is 5.14. The van der Waals surface area contributed by atoms with Crippen molar-refractivity contribution in [2.24, 2.45) is 7.05 Å². The first-order valence-corrected chi connectivity index (χ1v) is 5.14. The molecule has 0 atom stereocenters. The Balaban J connectivity index is 2.09. The first-order chi connectivity index (χ1) is 8.17. The smallest absolute Gasteiger partial charge is 0.169 e. The first kappa shape index (κ1) is 11.1. The van der Waals surface area contributed by atoms with Crippen molar-refractivity contribution >= 4 is 5.82 Å². The van der Waals surface area contributed by atoms with Gasteiger partial charge in [-0.05, 0) is 19.1 Å². The molecule has 0 spiro atoms. The van der Waals surface area contributed by atoms with E-state index < -0.39 is 0 Å². The third-order valence-corrected chi connectivity index (χ3v) is 2.16. The molecule has 0 amide bonds. The van der Waals surface area contributed by atoms with E-state index in [1.807, 2.05) is 14.0 Å². The van der Waals surface area contributed by atoms with Crippen LogP contribution in [0.25, 0.3) is 0 Å². The van der Waals surface area contributed by atoms with E-state index in [2.05, 4.69) is 26.5 Å². The zero-order valence-corrected chi connectivity index (χ0v) is 9.68. The van der Waals surface area contributed by atoms with Crippen LogP contribution in [0, 0.1) is 18.3 Å². The van der Waals surface area contributed by atoms with E-state index in [4.69, 9.17) is 5.26 Å². The summed E-state index contributed by atoms with van der Waals surface area (Å²) in [6, 6.07) is 5.54. The summed E-state index contributed by atoms with van der Waals surface area (Å²) in [7, 11) is 1.81. The third kappa shape index (κ3) is 2.78. The summed E-state index contributed by atoms with van der Waals surface area (Å²) in [5.74, 6) is 1.35. The van der Waals surface area contributed by atoms with Crippen LogP contribution in [0.4, 0.5) is 5.82 Å². The molecule has 0 bridgehead atoms. The fourth-order valence-corrected chi connectivity index (χ4v) is 1.46. The highest BCUT2D eigenvalue weighted by Crippen LogP contribution is 2.09. The molecule has 0 unspecified atom stereocenters. The third-order valence-electron chi connectivity index (χ3n) is 2.16. The maximum Gasteiger partial charge on any atom is 0.169 e. The fourth-order valence-electron chi connectivity index (χ4n) is 1.46. The molecule has 2 rings (SSSR count). The second-order valence-corrected chi connectivity index (χ2v) is 3.68. The van der Waals surface area contributed by atoms with Gasteiger partial charge >= 0.3 is 0 Å². The molecule has 0 aliphatic rings. The predicted molar refractivity (Wildman–Crippen MR) is 62.0 cm³/mol. The molecule has 2 heterocycles. The van der Waals surface area contributed by atoms with Gasteiger partial charge in [-0.25, -0.2) is 9.97 Å². The van der Waals surface area contributed by atoms with Crippen molar-refractivity contribution in [3.05, 3.63) is 35.5 Å². The number of rotatable bonds is 3. The molecule has 0 fully saturated rings. The van der Waals surface area contributed by atoms with Crippen LogP contribution in [0.1, 0.15) is 17.1 Å². The van der Waals surface area contributed by atoms with Crippen molar-refractivity contribution in [1.29, 1.82) is 5.26 Å². The van der Waals surface area contributed by atoms with Gasteiger partial charge in [0.1, 0.15) is 12.1 Å². The lowest BCUT2D eigenvalue weighted by molar-refractivity contribution is 0.747. The monoisotopic (exact) mass is 228 g/mol. The molecular weight excluding hydrogens is 216 g/mol. The highest BCUT2D eigenvalue weighted by molar-refractivity contribution is 5.44. The average Bonchev–Trinajstić information content (AvgIpc) is 2.72. The van der Waals surface area contributed by atoms with Gasteiger partial charge in [0.2, 0.25) is 0 Å². The number of hydrogen-bond donors (Lipinski definition) is 1. The van der Waals surface area contributed by atoms with Gasteiger partial charge in [0.25, 0.3) is 0 Å². The van der Waals surface area contributed by atoms with E-state index in [1.165, 1.54) is 0 Å². The quantitative estimate of drug-likeness (QED) is 0.847. The van der Waals surface area contributed by atoms with Crippen molar-refractivity contribution in [3.8, 4) is 6.07 Å². The van der Waals surface area contributed by atoms with Gasteiger partial charge in [-0.3, -0.25) is 4.68 Å². The largest absolute Gasteiger partial charge is 0.363 e. The van der Waals surface area contributed by atoms with E-state index in [0.29, 0.717) is 23.8 Å². The fraction of sp³-hybridized carbons (Fsp3) is 0.273. The minimum Gasteiger partial charge on any atom is -0.363 e. The van der Waals surface area contributed by atoms with Gasteiger partial charge in [0.05, 0.1) is 18.2 Å². The average molecular weight is 228 g/mol. The molecule has 0 aliphatic heterocycles. The number of pyridine rings is 1. The number of hydrogen-bond acceptors (Lipinski definition) is 5. The Bertz CT molecular complexity index is 566. The highest BCUT2D eigenvalue weighted by atomic mass is 15.3. The molecule has 6 nitrogen and oxygen atoms in total. The zero-order valence-electron chi connectivity index (χ0n) is 9.68. The molecule has 0 saturated carbocycles. The molecule has 1 N–H and O–H groups in total. The molecule has 86 valence electrons. The summed E-state index contributed by atoms with van der Waals surface area (Å²) >= 11 is 0. The maximum atomic E-state index is 8.84. The highest BCUT2D eigenvalue weighted by Gasteiger charge is 2.02. The van der Waals surface area contributed by atoms with E-state index in [1.54, 1.807) is 23.1 Å². The van der Waals surface area contributed by atoms with E-state index in [9.17, 15) is 0 Å². The molecule has 17 heavy (non-hydrogen) atoms. The summed E-state index contributed by atoms with van der Waals surface area (Å²) in [5, 5.41) is 16.1. The number of aryl methyl sites for hydroxylation is 2. The Hall–Kier alpha value is -2.42. The van der Waals surface area contributed by atoms with Gasteiger partial charge < -0.3 is 5.32 Å². The lowest BCUT2D eigenvalue weighted by Crippen LogP contribution is -2.04. The van der Waals surface area contributed by atoms with Crippen LogP contribution in [0.5, 0.6) is 0 Å². The van der Waals surface area contributed by atoms with Crippen LogP contribution in [0.3, 0.4) is 0 Å². The number of nitrogens with zero attached hydrogens (tertiary/aromatic N) is 5. The number of nitrogens with one attached hydrogen (secondary N) is 1. The molecule has 0 aliphatic carbocycles. The van der Waals surface area contributed by atoms with Crippen LogP contribution in [-0.4, -0.2) is 19.7 Å². The van der Waals surface area contributed by atoms with Crippen molar-refractivity contribution in [2.75, 3.05) is 5.32 Å². The zero-order chi connectivity index (χ0) is 12.3. The number of anilines is 1. The summed E-state index contributed by atoms with van der Waals surface area (Å²) < 4.78 is 1.64. The van der Waals surface area contributed by atoms with Gasteiger partial charge in [-0.15, -0.1) is 0 Å². The molecule has 0 saturated heterocycles. The van der Waals surface area contributed by atoms with Crippen LogP contribution in [0.2, 0.25) is 0 Å². The van der Waals surface area contributed by atoms with Gasteiger partial charge in [0.15, 0.2) is 5.82 Å². The Morgan fingerprint density at radius 2 is 2.29 bits per heavy atom. The second kappa shape index (κ2) is 4.61. The summed E-state index contributed by atoms with van der Waals surface area (Å²) in [6.45, 7) is 2.34. The van der Waals surface area contributed by atoms with Crippen molar-refractivity contribution < 1.29 is 0 Å². The molecule has 2 aromatic heterocycles. The summed E-state index contributed by atoms with van der Waals surface area (Å²) in [4.78, 5) is 8.37. The maximum absolute atomic E-state index is 8.84. The summed E-state index contributed by atoms with van der Waals surface area (Å²) in [6.07, 6.45) is 1.64. The van der Waals surface area contributed by atoms with Crippen LogP contribution >= 0.6 is 0 Å². The molecule has 0 radical (unpaired) electrons. The van der Waals surface area contributed by atoms with Crippen LogP contribution < -0.4 is 5.32 Å². The van der Waals surface area contributed by atoms with E-state index in [-0.39, 0.29) is 0 Å². The minimum atomic E-state index is 0.488. The lowest BCUT2D eigenvalue weighted by atomic mass is 10.2. The molecule has 2 aromatic rings. The Morgan fingerprint density at radius 3 is 2.94 bits per heavy atom. The Kier molecular flexibility index (Phi) is 3.01. The Morgan fingerprint density at radius 1 is 1.47 bits per heavy atom. The SMILES string of the molecule is Cc1cc(C#N)cc(NCc2ncn(C)n2)n1. The van der Waals surface area contributed by atoms with Crippen molar-refractivity contribution in [3.63, 3.8) is 0 Å². The standard InChI is InChI=1S/C11H12N6/c1-8-3-9(5-12)4-10(15-8)13-6-11-14-7-17(2)16-11/h3-4,7H,6H2,1-2H3,(H,13,15). The topological polar surface area (TPSA) is 79.4 Å². The lowest BCUT2D eigenvalue weighted by Gasteiger charge is -2.04. The number of nitriles is 1. The van der Waals surface area contributed by atoms with Crippen molar-refractivity contribution in [1.82, 2.24) is 19.7 Å². The minimum absolute atomic E-state index is 0.488. The second-order valence-electron chi connectivity index (χ2n) is 3.68. The summed E-state index contributed by atoms with van der Waals surface area (Å²) in [5.41, 5.74) is 1.40. The van der Waals surface area contributed by atoms with E-state index >= 15 is 0 Å². The van der Waals surface area contributed by atoms with Crippen LogP contribution in [-0.2, 0) is 13.6 Å². The Labute approximate surface area is 98.9 Å². The number of aromatic nitrogens is 4. The predicted octanol–water partition coefficient (Wildman–Crippen LogP) is 1.00. The molecule has 0 aromatic carbocycles. The molecular formula is C11H12N6. The van der Waals surface area contributed by atoms with Gasteiger partial charge in [-0.2, -0.15) is 10.4 Å². The van der Waals surface area contributed by atoms with Gasteiger partial charge in [0, 0.05) is 12.7 Å². The van der Waals surface area contributed by atoms with Crippen molar-refractivity contribution in [2.45, 2.75) is 13.5 Å². The van der Waals surface area contributed by atoms with E-state index in [0.717, 1.165) is 5.69 Å². The normalized spacial score (nSPS) is 9.94. The van der Waals surface area contributed by atoms with Gasteiger partial charge in [-0.1, -0.05) is 0 Å². The molecule has 6 heteroatoms.